The lowest BCUT2D eigenvalue weighted by Gasteiger charge is -2.22. The molecule has 0 amide bonds. The first kappa shape index (κ1) is 12.5. The van der Waals surface area contributed by atoms with Crippen LogP contribution in [0.25, 0.3) is 0 Å². The normalized spacial score (nSPS) is 26.2. The Morgan fingerprint density at radius 1 is 1.26 bits per heavy atom. The standard InChI is InChI=1S/C13H21N5O/c1-14-12-11(19-2)13(16-8-15-12)17-9-5-7-18-6-3-4-10(9)18/h8-10H,3-7H2,1-2H3,(H2,14,15,16,17). The third-order valence-corrected chi connectivity index (χ3v) is 4.17. The van der Waals surface area contributed by atoms with Crippen LogP contribution >= 0.6 is 0 Å². The molecule has 6 heteroatoms. The minimum Gasteiger partial charge on any atom is -0.490 e. The van der Waals surface area contributed by atoms with E-state index in [0.29, 0.717) is 17.8 Å². The molecular weight excluding hydrogens is 242 g/mol. The highest BCUT2D eigenvalue weighted by Gasteiger charge is 2.37. The second kappa shape index (κ2) is 5.21. The Morgan fingerprint density at radius 3 is 2.89 bits per heavy atom. The number of nitrogens with zero attached hydrogens (tertiary/aromatic N) is 3. The quantitative estimate of drug-likeness (QED) is 0.850. The number of methoxy groups -OCH3 is 1. The van der Waals surface area contributed by atoms with Gasteiger partial charge in [-0.3, -0.25) is 4.90 Å². The lowest BCUT2D eigenvalue weighted by atomic mass is 10.1. The van der Waals surface area contributed by atoms with E-state index in [2.05, 4.69) is 25.5 Å². The predicted molar refractivity (Wildman–Crippen MR) is 74.8 cm³/mol. The zero-order valence-corrected chi connectivity index (χ0v) is 11.5. The van der Waals surface area contributed by atoms with E-state index < -0.39 is 0 Å². The van der Waals surface area contributed by atoms with E-state index in [4.69, 9.17) is 4.74 Å². The van der Waals surface area contributed by atoms with Crippen LogP contribution in [0.2, 0.25) is 0 Å². The molecule has 0 aromatic carbocycles. The number of nitrogens with one attached hydrogen (secondary N) is 2. The summed E-state index contributed by atoms with van der Waals surface area (Å²) in [5.74, 6) is 2.21. The van der Waals surface area contributed by atoms with Crippen LogP contribution in [0.5, 0.6) is 5.75 Å². The number of fused-ring (bicyclic) bond motifs is 1. The molecule has 2 aliphatic rings. The van der Waals surface area contributed by atoms with E-state index in [1.807, 2.05) is 7.05 Å². The summed E-state index contributed by atoms with van der Waals surface area (Å²) in [7, 11) is 3.49. The summed E-state index contributed by atoms with van der Waals surface area (Å²) in [5.41, 5.74) is 0. The molecule has 2 unspecified atom stereocenters. The average Bonchev–Trinajstić information content (AvgIpc) is 3.03. The second-order valence-electron chi connectivity index (χ2n) is 5.14. The molecule has 6 nitrogen and oxygen atoms in total. The summed E-state index contributed by atoms with van der Waals surface area (Å²) in [6.07, 6.45) is 5.33. The van der Waals surface area contributed by atoms with E-state index in [9.17, 15) is 0 Å². The van der Waals surface area contributed by atoms with E-state index in [1.54, 1.807) is 13.4 Å². The summed E-state index contributed by atoms with van der Waals surface area (Å²) in [6, 6.07) is 1.12. The van der Waals surface area contributed by atoms with Crippen molar-refractivity contribution in [3.63, 3.8) is 0 Å². The lowest BCUT2D eigenvalue weighted by Crippen LogP contribution is -2.34. The van der Waals surface area contributed by atoms with Crippen LogP contribution < -0.4 is 15.4 Å². The Morgan fingerprint density at radius 2 is 2.11 bits per heavy atom. The molecule has 0 radical (unpaired) electrons. The maximum atomic E-state index is 5.43. The molecule has 2 atom stereocenters. The second-order valence-corrected chi connectivity index (χ2v) is 5.14. The van der Waals surface area contributed by atoms with Crippen molar-refractivity contribution in [2.45, 2.75) is 31.3 Å². The van der Waals surface area contributed by atoms with E-state index in [-0.39, 0.29) is 0 Å². The van der Waals surface area contributed by atoms with Crippen molar-refractivity contribution in [3.8, 4) is 5.75 Å². The van der Waals surface area contributed by atoms with Crippen LogP contribution in [0.4, 0.5) is 11.6 Å². The van der Waals surface area contributed by atoms with Crippen LogP contribution in [0, 0.1) is 0 Å². The molecule has 0 aliphatic carbocycles. The number of aromatic nitrogens is 2. The highest BCUT2D eigenvalue weighted by atomic mass is 16.5. The number of anilines is 2. The Hall–Kier alpha value is -1.56. The zero-order chi connectivity index (χ0) is 13.2. The first-order chi connectivity index (χ1) is 9.33. The molecule has 0 bridgehead atoms. The number of rotatable bonds is 4. The van der Waals surface area contributed by atoms with Crippen molar-refractivity contribution in [2.24, 2.45) is 0 Å². The predicted octanol–water partition coefficient (Wildman–Crippen LogP) is 1.18. The summed E-state index contributed by atoms with van der Waals surface area (Å²) in [4.78, 5) is 11.1. The Bertz CT molecular complexity index is 453. The number of hydrogen-bond acceptors (Lipinski definition) is 6. The van der Waals surface area contributed by atoms with Gasteiger partial charge in [0.2, 0.25) is 5.75 Å². The van der Waals surface area contributed by atoms with Crippen LogP contribution in [0.3, 0.4) is 0 Å². The van der Waals surface area contributed by atoms with Crippen molar-refractivity contribution in [1.29, 1.82) is 0 Å². The van der Waals surface area contributed by atoms with Crippen molar-refractivity contribution in [2.75, 3.05) is 37.9 Å². The maximum absolute atomic E-state index is 5.43. The SMILES string of the molecule is CNc1ncnc(NC2CCN3CCCC23)c1OC. The third-order valence-electron chi connectivity index (χ3n) is 4.17. The van der Waals surface area contributed by atoms with E-state index >= 15 is 0 Å². The molecule has 2 fully saturated rings. The maximum Gasteiger partial charge on any atom is 0.204 e. The fourth-order valence-corrected chi connectivity index (χ4v) is 3.27. The average molecular weight is 263 g/mol. The smallest absolute Gasteiger partial charge is 0.204 e. The van der Waals surface area contributed by atoms with E-state index in [0.717, 1.165) is 11.6 Å². The van der Waals surface area contributed by atoms with Crippen molar-refractivity contribution >= 4 is 11.6 Å². The van der Waals surface area contributed by atoms with Crippen molar-refractivity contribution in [1.82, 2.24) is 14.9 Å². The van der Waals surface area contributed by atoms with Gasteiger partial charge in [0.1, 0.15) is 6.33 Å². The fraction of sp³-hybridized carbons (Fsp3) is 0.692. The zero-order valence-electron chi connectivity index (χ0n) is 11.5. The molecule has 1 aromatic rings. The van der Waals surface area contributed by atoms with Gasteiger partial charge in [0.05, 0.1) is 7.11 Å². The van der Waals surface area contributed by atoms with Crippen molar-refractivity contribution < 1.29 is 4.74 Å². The summed E-state index contributed by atoms with van der Waals surface area (Å²) in [6.45, 7) is 2.43. The lowest BCUT2D eigenvalue weighted by molar-refractivity contribution is 0.318. The largest absolute Gasteiger partial charge is 0.490 e. The van der Waals surface area contributed by atoms with Crippen LogP contribution in [0.15, 0.2) is 6.33 Å². The van der Waals surface area contributed by atoms with Gasteiger partial charge in [0.25, 0.3) is 0 Å². The molecule has 19 heavy (non-hydrogen) atoms. The minimum atomic E-state index is 0.469. The van der Waals surface area contributed by atoms with E-state index in [1.165, 1.54) is 32.4 Å². The Labute approximate surface area is 113 Å². The first-order valence-electron chi connectivity index (χ1n) is 6.91. The molecule has 3 heterocycles. The molecule has 1 aromatic heterocycles. The molecule has 2 aliphatic heterocycles. The molecule has 2 N–H and O–H groups in total. The molecule has 0 saturated carbocycles. The first-order valence-corrected chi connectivity index (χ1v) is 6.91. The Balaban J connectivity index is 1.79. The van der Waals surface area contributed by atoms with Gasteiger partial charge in [0, 0.05) is 25.7 Å². The molecule has 0 spiro atoms. The number of hydrogen-bond donors (Lipinski definition) is 2. The van der Waals surface area contributed by atoms with Gasteiger partial charge in [-0.25, -0.2) is 9.97 Å². The number of ether oxygens (including phenoxy) is 1. The highest BCUT2D eigenvalue weighted by Crippen LogP contribution is 2.34. The van der Waals surface area contributed by atoms with Gasteiger partial charge in [-0.1, -0.05) is 0 Å². The van der Waals surface area contributed by atoms with Crippen LogP contribution in [-0.4, -0.2) is 54.2 Å². The summed E-state index contributed by atoms with van der Waals surface area (Å²) in [5, 5.41) is 6.58. The van der Waals surface area contributed by atoms with Crippen molar-refractivity contribution in [3.05, 3.63) is 6.33 Å². The van der Waals surface area contributed by atoms with Gasteiger partial charge in [-0.2, -0.15) is 0 Å². The third kappa shape index (κ3) is 2.20. The fourth-order valence-electron chi connectivity index (χ4n) is 3.27. The molecule has 104 valence electrons. The summed E-state index contributed by atoms with van der Waals surface area (Å²) < 4.78 is 5.43. The molecule has 2 saturated heterocycles. The minimum absolute atomic E-state index is 0.469. The topological polar surface area (TPSA) is 62.3 Å². The monoisotopic (exact) mass is 263 g/mol. The van der Waals surface area contributed by atoms with Gasteiger partial charge >= 0.3 is 0 Å². The molecule has 3 rings (SSSR count). The molecular formula is C13H21N5O. The van der Waals surface area contributed by atoms with Gasteiger partial charge in [0.15, 0.2) is 11.6 Å². The highest BCUT2D eigenvalue weighted by molar-refractivity contribution is 5.63. The van der Waals surface area contributed by atoms with Crippen LogP contribution in [0.1, 0.15) is 19.3 Å². The Kier molecular flexibility index (Phi) is 3.42. The summed E-state index contributed by atoms with van der Waals surface area (Å²) >= 11 is 0. The van der Waals surface area contributed by atoms with Gasteiger partial charge in [-0.05, 0) is 25.8 Å². The van der Waals surface area contributed by atoms with Gasteiger partial charge < -0.3 is 15.4 Å². The van der Waals surface area contributed by atoms with Crippen LogP contribution in [-0.2, 0) is 0 Å². The van der Waals surface area contributed by atoms with Gasteiger partial charge in [-0.15, -0.1) is 0 Å².